The average Bonchev–Trinajstić information content (AvgIpc) is 2.30. The van der Waals surface area contributed by atoms with Gasteiger partial charge in [0, 0.05) is 11.8 Å². The van der Waals surface area contributed by atoms with Crippen LogP contribution in [0, 0.1) is 0 Å². The fourth-order valence-electron chi connectivity index (χ4n) is 1.78. The molecule has 0 fully saturated rings. The Kier molecular flexibility index (Phi) is 12.3. The summed E-state index contributed by atoms with van der Waals surface area (Å²) in [5.74, 6) is -0.697. The third-order valence-electron chi connectivity index (χ3n) is 2.83. The Bertz CT molecular complexity index is 188. The van der Waals surface area contributed by atoms with Crippen molar-refractivity contribution in [2.45, 2.75) is 70.4 Å². The molecule has 0 heterocycles. The zero-order valence-corrected chi connectivity index (χ0v) is 12.1. The van der Waals surface area contributed by atoms with Gasteiger partial charge >= 0.3 is 5.97 Å². The summed E-state index contributed by atoms with van der Waals surface area (Å²) in [6.07, 6.45) is 8.85. The first-order valence-corrected chi connectivity index (χ1v) is 7.70. The smallest absolute Gasteiger partial charge is 0.303 e. The number of unbranched alkanes of at least 4 members (excludes halogenated alkanes) is 7. The van der Waals surface area contributed by atoms with Crippen molar-refractivity contribution in [1.29, 1.82) is 0 Å². The fraction of sp³-hybridized carbons (Fsp3) is 0.923. The molecule has 102 valence electrons. The van der Waals surface area contributed by atoms with Crippen LogP contribution in [0.5, 0.6) is 0 Å². The molecule has 0 aliphatic rings. The predicted octanol–water partition coefficient (Wildman–Crippen LogP) is 4.71. The summed E-state index contributed by atoms with van der Waals surface area (Å²) < 4.78 is 12.8. The van der Waals surface area contributed by atoms with Crippen LogP contribution in [0.2, 0.25) is 0 Å². The molecular formula is C13H24BrFO2. The average molecular weight is 311 g/mol. The van der Waals surface area contributed by atoms with Gasteiger partial charge in [-0.05, 0) is 12.8 Å². The van der Waals surface area contributed by atoms with Crippen LogP contribution in [-0.4, -0.2) is 22.6 Å². The zero-order chi connectivity index (χ0) is 12.9. The minimum absolute atomic E-state index is 0.296. The number of halogens is 2. The summed E-state index contributed by atoms with van der Waals surface area (Å²) in [7, 11) is 0. The first-order chi connectivity index (χ1) is 8.16. The lowest BCUT2D eigenvalue weighted by molar-refractivity contribution is -0.137. The third-order valence-corrected chi connectivity index (χ3v) is 3.53. The molecule has 1 unspecified atom stereocenters. The highest BCUT2D eigenvalue weighted by Crippen LogP contribution is 2.13. The molecule has 0 spiro atoms. The minimum atomic E-state index is -0.697. The molecule has 2 nitrogen and oxygen atoms in total. The molecule has 0 aromatic heterocycles. The van der Waals surface area contributed by atoms with E-state index in [2.05, 4.69) is 15.9 Å². The number of aliphatic carboxylic acids is 1. The molecule has 1 N–H and O–H groups in total. The van der Waals surface area contributed by atoms with Gasteiger partial charge in [0.1, 0.15) is 6.17 Å². The first-order valence-electron chi connectivity index (χ1n) is 6.58. The molecule has 0 aromatic rings. The van der Waals surface area contributed by atoms with E-state index in [4.69, 9.17) is 5.11 Å². The van der Waals surface area contributed by atoms with Gasteiger partial charge in [0.2, 0.25) is 0 Å². The van der Waals surface area contributed by atoms with Crippen LogP contribution in [0.25, 0.3) is 0 Å². The van der Waals surface area contributed by atoms with Crippen molar-refractivity contribution < 1.29 is 14.3 Å². The van der Waals surface area contributed by atoms with Crippen molar-refractivity contribution in [2.75, 3.05) is 5.33 Å². The number of carboxylic acid groups (broad SMARTS) is 1. The van der Waals surface area contributed by atoms with E-state index in [-0.39, 0.29) is 0 Å². The number of alkyl halides is 2. The quantitative estimate of drug-likeness (QED) is 0.419. The summed E-state index contributed by atoms with van der Waals surface area (Å²) in [4.78, 5) is 10.3. The van der Waals surface area contributed by atoms with E-state index in [0.717, 1.165) is 32.1 Å². The molecule has 0 aliphatic heterocycles. The molecule has 17 heavy (non-hydrogen) atoms. The lowest BCUT2D eigenvalue weighted by Crippen LogP contribution is -2.00. The highest BCUT2D eigenvalue weighted by Gasteiger charge is 2.02. The van der Waals surface area contributed by atoms with Gasteiger partial charge < -0.3 is 5.11 Å². The van der Waals surface area contributed by atoms with Crippen molar-refractivity contribution >= 4 is 21.9 Å². The van der Waals surface area contributed by atoms with E-state index in [0.29, 0.717) is 18.2 Å². The van der Waals surface area contributed by atoms with Crippen LogP contribution in [-0.2, 0) is 4.79 Å². The van der Waals surface area contributed by atoms with Crippen LogP contribution < -0.4 is 0 Å². The second-order valence-corrected chi connectivity index (χ2v) is 5.16. The number of rotatable bonds is 12. The molecule has 0 radical (unpaired) electrons. The van der Waals surface area contributed by atoms with E-state index in [9.17, 15) is 9.18 Å². The summed E-state index contributed by atoms with van der Waals surface area (Å²) in [5, 5.41) is 8.90. The Morgan fingerprint density at radius 1 is 1.00 bits per heavy atom. The SMILES string of the molecule is O=C(O)CCCCCCCCCCC(F)CBr. The monoisotopic (exact) mass is 310 g/mol. The lowest BCUT2D eigenvalue weighted by atomic mass is 10.1. The van der Waals surface area contributed by atoms with Gasteiger partial charge in [-0.2, -0.15) is 0 Å². The molecule has 1 atom stereocenters. The number of carbonyl (C=O) groups is 1. The first kappa shape index (κ1) is 16.9. The maximum atomic E-state index is 12.8. The Morgan fingerprint density at radius 3 is 1.94 bits per heavy atom. The van der Waals surface area contributed by atoms with Gasteiger partial charge in [0.25, 0.3) is 0 Å². The van der Waals surface area contributed by atoms with Crippen LogP contribution in [0.4, 0.5) is 4.39 Å². The molecule has 0 saturated carbocycles. The van der Waals surface area contributed by atoms with Crippen molar-refractivity contribution in [2.24, 2.45) is 0 Å². The third kappa shape index (κ3) is 13.8. The Labute approximate surface area is 112 Å². The number of hydrogen-bond donors (Lipinski definition) is 1. The van der Waals surface area contributed by atoms with E-state index in [1.54, 1.807) is 0 Å². The highest BCUT2D eigenvalue weighted by molar-refractivity contribution is 9.09. The normalized spacial score (nSPS) is 12.6. The number of carboxylic acids is 1. The molecular weight excluding hydrogens is 287 g/mol. The van der Waals surface area contributed by atoms with Gasteiger partial charge in [-0.1, -0.05) is 60.9 Å². The molecule has 4 heteroatoms. The molecule has 0 bridgehead atoms. The van der Waals surface area contributed by atoms with Crippen molar-refractivity contribution in [3.05, 3.63) is 0 Å². The second-order valence-electron chi connectivity index (χ2n) is 4.51. The Balaban J connectivity index is 3.01. The maximum absolute atomic E-state index is 12.8. The lowest BCUT2D eigenvalue weighted by Gasteiger charge is -2.04. The van der Waals surface area contributed by atoms with Crippen LogP contribution in [0.3, 0.4) is 0 Å². The topological polar surface area (TPSA) is 37.3 Å². The summed E-state index contributed by atoms with van der Waals surface area (Å²) in [5.41, 5.74) is 0. The van der Waals surface area contributed by atoms with E-state index in [1.165, 1.54) is 19.3 Å². The van der Waals surface area contributed by atoms with Crippen molar-refractivity contribution in [3.8, 4) is 0 Å². The largest absolute Gasteiger partial charge is 0.481 e. The predicted molar refractivity (Wildman–Crippen MR) is 72.5 cm³/mol. The Hall–Kier alpha value is -0.120. The molecule has 0 saturated heterocycles. The van der Waals surface area contributed by atoms with Crippen molar-refractivity contribution in [1.82, 2.24) is 0 Å². The minimum Gasteiger partial charge on any atom is -0.481 e. The standard InChI is InChI=1S/C13H24BrFO2/c14-11-12(15)9-7-5-3-1-2-4-6-8-10-13(16)17/h12H,1-11H2,(H,16,17). The second kappa shape index (κ2) is 12.3. The van der Waals surface area contributed by atoms with Gasteiger partial charge in [0.05, 0.1) is 0 Å². The number of hydrogen-bond acceptors (Lipinski definition) is 1. The molecule has 0 rings (SSSR count). The van der Waals surface area contributed by atoms with Gasteiger partial charge in [-0.25, -0.2) is 4.39 Å². The molecule has 0 amide bonds. The van der Waals surface area contributed by atoms with Crippen molar-refractivity contribution in [3.63, 3.8) is 0 Å². The summed E-state index contributed by atoms with van der Waals surface area (Å²) in [6, 6.07) is 0. The summed E-state index contributed by atoms with van der Waals surface area (Å²) in [6.45, 7) is 0. The zero-order valence-electron chi connectivity index (χ0n) is 10.5. The molecule has 0 aromatic carbocycles. The van der Waals surface area contributed by atoms with Gasteiger partial charge in [-0.15, -0.1) is 0 Å². The van der Waals surface area contributed by atoms with Gasteiger partial charge in [0.15, 0.2) is 0 Å². The highest BCUT2D eigenvalue weighted by atomic mass is 79.9. The molecule has 0 aliphatic carbocycles. The fourth-order valence-corrected chi connectivity index (χ4v) is 2.10. The van der Waals surface area contributed by atoms with E-state index >= 15 is 0 Å². The Morgan fingerprint density at radius 2 is 1.47 bits per heavy atom. The maximum Gasteiger partial charge on any atom is 0.303 e. The van der Waals surface area contributed by atoms with E-state index in [1.807, 2.05) is 0 Å². The van der Waals surface area contributed by atoms with Crippen LogP contribution >= 0.6 is 15.9 Å². The van der Waals surface area contributed by atoms with Crippen LogP contribution in [0.1, 0.15) is 64.2 Å². The summed E-state index contributed by atoms with van der Waals surface area (Å²) >= 11 is 3.13. The van der Waals surface area contributed by atoms with E-state index < -0.39 is 12.1 Å². The van der Waals surface area contributed by atoms with Gasteiger partial charge in [-0.3, -0.25) is 4.79 Å². The van der Waals surface area contributed by atoms with Crippen LogP contribution in [0.15, 0.2) is 0 Å².